The number of piperazine rings is 1. The van der Waals surface area contributed by atoms with Crippen LogP contribution in [0.1, 0.15) is 13.8 Å². The van der Waals surface area contributed by atoms with Gasteiger partial charge in [-0.2, -0.15) is 0 Å². The van der Waals surface area contributed by atoms with Crippen LogP contribution in [0.3, 0.4) is 0 Å². The summed E-state index contributed by atoms with van der Waals surface area (Å²) >= 11 is 1.62. The summed E-state index contributed by atoms with van der Waals surface area (Å²) in [6.45, 7) is 5.92. The van der Waals surface area contributed by atoms with E-state index in [9.17, 15) is 8.42 Å². The van der Waals surface area contributed by atoms with Crippen LogP contribution < -0.4 is 19.7 Å². The van der Waals surface area contributed by atoms with E-state index in [1.54, 1.807) is 36.6 Å². The molecule has 2 N–H and O–H groups in total. The maximum atomic E-state index is 13.0. The first-order valence-corrected chi connectivity index (χ1v) is 12.6. The Morgan fingerprint density at radius 3 is 2.39 bits per heavy atom. The summed E-state index contributed by atoms with van der Waals surface area (Å²) in [6, 6.07) is 17.0. The van der Waals surface area contributed by atoms with Crippen LogP contribution >= 0.6 is 11.3 Å². The largest absolute Gasteiger partial charge is 0.495 e. The minimum Gasteiger partial charge on any atom is -0.495 e. The molecule has 8 heteroatoms. The molecule has 1 aliphatic heterocycles. The van der Waals surface area contributed by atoms with Crippen LogP contribution in [0, 0.1) is 0 Å². The molecule has 0 bridgehead atoms. The molecule has 3 aromatic rings. The molecule has 164 valence electrons. The number of rotatable bonds is 6. The van der Waals surface area contributed by atoms with Crippen molar-refractivity contribution < 1.29 is 13.2 Å². The standard InChI is InChI=1S/C23H27N3O3S2/c1-16-14-26(15-17(2)24-16)21-13-19(8-11-22(21)29-3)25-31(27,28)20-9-6-18(7-10-20)23-5-4-12-30-23/h4-13,16-17,24-25H,14-15H2,1-3H3/t16-,17+. The number of anilines is 2. The number of benzene rings is 2. The zero-order chi connectivity index (χ0) is 22.0. The summed E-state index contributed by atoms with van der Waals surface area (Å²) in [5, 5.41) is 5.51. The number of nitrogens with zero attached hydrogens (tertiary/aromatic N) is 1. The fraction of sp³-hybridized carbons (Fsp3) is 0.304. The molecule has 0 unspecified atom stereocenters. The molecule has 0 spiro atoms. The van der Waals surface area contributed by atoms with E-state index in [0.29, 0.717) is 17.8 Å². The highest BCUT2D eigenvalue weighted by molar-refractivity contribution is 7.92. The fourth-order valence-electron chi connectivity index (χ4n) is 3.98. The highest BCUT2D eigenvalue weighted by atomic mass is 32.2. The predicted octanol–water partition coefficient (Wildman–Crippen LogP) is 4.41. The second kappa shape index (κ2) is 8.90. The zero-order valence-corrected chi connectivity index (χ0v) is 19.5. The van der Waals surface area contributed by atoms with Gasteiger partial charge in [-0.1, -0.05) is 18.2 Å². The maximum absolute atomic E-state index is 13.0. The van der Waals surface area contributed by atoms with E-state index in [1.807, 2.05) is 41.8 Å². The van der Waals surface area contributed by atoms with Crippen molar-refractivity contribution in [3.05, 3.63) is 60.0 Å². The summed E-state index contributed by atoms with van der Waals surface area (Å²) in [7, 11) is -2.07. The van der Waals surface area contributed by atoms with Gasteiger partial charge in [-0.15, -0.1) is 11.3 Å². The van der Waals surface area contributed by atoms with Crippen molar-refractivity contribution in [2.45, 2.75) is 30.8 Å². The topological polar surface area (TPSA) is 70.7 Å². The van der Waals surface area contributed by atoms with Crippen molar-refractivity contribution in [1.82, 2.24) is 5.32 Å². The van der Waals surface area contributed by atoms with E-state index in [-0.39, 0.29) is 4.90 Å². The molecular formula is C23H27N3O3S2. The molecule has 0 saturated carbocycles. The van der Waals surface area contributed by atoms with Crippen LogP contribution in [0.25, 0.3) is 10.4 Å². The van der Waals surface area contributed by atoms with Crippen molar-refractivity contribution in [2.75, 3.05) is 29.8 Å². The lowest BCUT2D eigenvalue weighted by Crippen LogP contribution is -2.54. The quantitative estimate of drug-likeness (QED) is 0.574. The maximum Gasteiger partial charge on any atom is 0.261 e. The Balaban J connectivity index is 1.58. The molecule has 1 aliphatic rings. The summed E-state index contributed by atoms with van der Waals surface area (Å²) in [5.74, 6) is 0.726. The SMILES string of the molecule is COc1ccc(NS(=O)(=O)c2ccc(-c3cccs3)cc2)cc1N1C[C@@H](C)N[C@@H](C)C1. The van der Waals surface area contributed by atoms with Crippen LogP contribution in [0.5, 0.6) is 5.75 Å². The number of thiophene rings is 1. The average molecular weight is 458 g/mol. The first-order chi connectivity index (χ1) is 14.9. The molecule has 6 nitrogen and oxygen atoms in total. The van der Waals surface area contributed by atoms with Crippen molar-refractivity contribution in [1.29, 1.82) is 0 Å². The number of hydrogen-bond donors (Lipinski definition) is 2. The van der Waals surface area contributed by atoms with Gasteiger partial charge < -0.3 is 15.0 Å². The summed E-state index contributed by atoms with van der Waals surface area (Å²) in [6.07, 6.45) is 0. The molecule has 1 saturated heterocycles. The van der Waals surface area contributed by atoms with E-state index in [1.165, 1.54) is 0 Å². The van der Waals surface area contributed by atoms with Crippen LogP contribution in [0.2, 0.25) is 0 Å². The van der Waals surface area contributed by atoms with Crippen LogP contribution in [-0.2, 0) is 10.0 Å². The number of hydrogen-bond acceptors (Lipinski definition) is 6. The molecule has 2 atom stereocenters. The van der Waals surface area contributed by atoms with E-state index in [4.69, 9.17) is 4.74 Å². The van der Waals surface area contributed by atoms with E-state index in [2.05, 4.69) is 28.8 Å². The number of sulfonamides is 1. The van der Waals surface area contributed by atoms with Gasteiger partial charge in [0, 0.05) is 30.1 Å². The molecule has 0 aliphatic carbocycles. The van der Waals surface area contributed by atoms with Crippen LogP contribution in [0.4, 0.5) is 11.4 Å². The Labute approximate surface area is 187 Å². The molecule has 1 aromatic heterocycles. The fourth-order valence-corrected chi connectivity index (χ4v) is 5.76. The Kier molecular flexibility index (Phi) is 6.22. The van der Waals surface area contributed by atoms with Crippen LogP contribution in [-0.4, -0.2) is 40.7 Å². The normalized spacial score (nSPS) is 19.3. The average Bonchev–Trinajstić information content (AvgIpc) is 3.28. The van der Waals surface area contributed by atoms with Gasteiger partial charge >= 0.3 is 0 Å². The Bertz CT molecular complexity index is 1120. The third-order valence-corrected chi connectivity index (χ3v) is 7.62. The number of nitrogens with one attached hydrogen (secondary N) is 2. The van der Waals surface area contributed by atoms with Gasteiger partial charge in [0.15, 0.2) is 0 Å². The van der Waals surface area contributed by atoms with Gasteiger partial charge in [0.1, 0.15) is 5.75 Å². The van der Waals surface area contributed by atoms with Gasteiger partial charge in [-0.25, -0.2) is 8.42 Å². The minimum absolute atomic E-state index is 0.231. The molecule has 0 amide bonds. The predicted molar refractivity (Wildman–Crippen MR) is 128 cm³/mol. The van der Waals surface area contributed by atoms with Crippen molar-refractivity contribution >= 4 is 32.7 Å². The molecule has 0 radical (unpaired) electrons. The van der Waals surface area contributed by atoms with Crippen molar-refractivity contribution in [3.8, 4) is 16.2 Å². The number of ether oxygens (including phenoxy) is 1. The summed E-state index contributed by atoms with van der Waals surface area (Å²) in [4.78, 5) is 3.57. The Morgan fingerprint density at radius 2 is 1.77 bits per heavy atom. The van der Waals surface area contributed by atoms with Gasteiger partial charge in [-0.3, -0.25) is 4.72 Å². The lowest BCUT2D eigenvalue weighted by Gasteiger charge is -2.38. The highest BCUT2D eigenvalue weighted by Crippen LogP contribution is 2.33. The molecule has 4 rings (SSSR count). The Morgan fingerprint density at radius 1 is 1.06 bits per heavy atom. The molecule has 31 heavy (non-hydrogen) atoms. The summed E-state index contributed by atoms with van der Waals surface area (Å²) < 4.78 is 34.2. The van der Waals surface area contributed by atoms with Crippen molar-refractivity contribution in [2.24, 2.45) is 0 Å². The van der Waals surface area contributed by atoms with Crippen molar-refractivity contribution in [3.63, 3.8) is 0 Å². The number of methoxy groups -OCH3 is 1. The molecule has 1 fully saturated rings. The monoisotopic (exact) mass is 457 g/mol. The third-order valence-electron chi connectivity index (χ3n) is 5.30. The first-order valence-electron chi connectivity index (χ1n) is 10.2. The van der Waals surface area contributed by atoms with Gasteiger partial charge in [-0.05, 0) is 61.2 Å². The Hall–Kier alpha value is -2.55. The summed E-state index contributed by atoms with van der Waals surface area (Å²) in [5.41, 5.74) is 2.40. The third kappa shape index (κ3) is 4.87. The second-order valence-corrected chi connectivity index (χ2v) is 10.5. The molecule has 2 aromatic carbocycles. The van der Waals surface area contributed by atoms with Gasteiger partial charge in [0.05, 0.1) is 23.4 Å². The minimum atomic E-state index is -3.71. The van der Waals surface area contributed by atoms with Gasteiger partial charge in [0.2, 0.25) is 0 Å². The smallest absolute Gasteiger partial charge is 0.261 e. The van der Waals surface area contributed by atoms with E-state index >= 15 is 0 Å². The second-order valence-electron chi connectivity index (χ2n) is 7.87. The van der Waals surface area contributed by atoms with E-state index in [0.717, 1.165) is 35.0 Å². The zero-order valence-electron chi connectivity index (χ0n) is 17.8. The lowest BCUT2D eigenvalue weighted by molar-refractivity contribution is 0.391. The molecule has 2 heterocycles. The lowest BCUT2D eigenvalue weighted by atomic mass is 10.1. The van der Waals surface area contributed by atoms with E-state index < -0.39 is 10.0 Å². The highest BCUT2D eigenvalue weighted by Gasteiger charge is 2.24. The first kappa shape index (κ1) is 21.7. The molecular weight excluding hydrogens is 430 g/mol. The van der Waals surface area contributed by atoms with Gasteiger partial charge in [0.25, 0.3) is 10.0 Å². The van der Waals surface area contributed by atoms with Crippen LogP contribution in [0.15, 0.2) is 64.9 Å².